The third kappa shape index (κ3) is 3.52. The molecule has 3 unspecified atom stereocenters. The summed E-state index contributed by atoms with van der Waals surface area (Å²) < 4.78 is 5.59. The fourth-order valence-electron chi connectivity index (χ4n) is 3.20. The van der Waals surface area contributed by atoms with Gasteiger partial charge in [0.05, 0.1) is 12.8 Å². The Bertz CT molecular complexity index is 447. The fourth-order valence-corrected chi connectivity index (χ4v) is 3.20. The van der Waals surface area contributed by atoms with Crippen LogP contribution in [0.3, 0.4) is 0 Å². The summed E-state index contributed by atoms with van der Waals surface area (Å²) >= 11 is 0. The molecule has 3 heteroatoms. The molecule has 1 fully saturated rings. The van der Waals surface area contributed by atoms with E-state index in [1.807, 2.05) is 6.07 Å². The second kappa shape index (κ2) is 7.17. The Kier molecular flexibility index (Phi) is 5.51. The summed E-state index contributed by atoms with van der Waals surface area (Å²) in [6, 6.07) is 9.47. The van der Waals surface area contributed by atoms with Gasteiger partial charge in [-0.3, -0.25) is 0 Å². The van der Waals surface area contributed by atoms with Crippen LogP contribution in [0.4, 0.5) is 5.69 Å². The van der Waals surface area contributed by atoms with Crippen LogP contribution in [0, 0.1) is 11.8 Å². The van der Waals surface area contributed by atoms with Crippen molar-refractivity contribution in [2.45, 2.75) is 46.2 Å². The highest BCUT2D eigenvalue weighted by atomic mass is 16.5. The molecule has 0 radical (unpaired) electrons. The van der Waals surface area contributed by atoms with Gasteiger partial charge in [0.25, 0.3) is 0 Å². The lowest BCUT2D eigenvalue weighted by Gasteiger charge is -2.45. The number of piperazine rings is 1. The van der Waals surface area contributed by atoms with Crippen molar-refractivity contribution in [1.29, 1.82) is 0 Å². The lowest BCUT2D eigenvalue weighted by atomic mass is 9.91. The highest BCUT2D eigenvalue weighted by Gasteiger charge is 2.33. The number of hydrogen-bond donors (Lipinski definition) is 1. The number of ether oxygens (including phenoxy) is 1. The number of anilines is 1. The molecule has 1 aromatic carbocycles. The second-order valence-corrected chi connectivity index (χ2v) is 6.54. The Labute approximate surface area is 129 Å². The molecule has 1 N–H and O–H groups in total. The number of nitrogens with zero attached hydrogens (tertiary/aromatic N) is 1. The molecule has 1 aliphatic rings. The first kappa shape index (κ1) is 16.2. The van der Waals surface area contributed by atoms with Crippen molar-refractivity contribution in [3.63, 3.8) is 0 Å². The minimum atomic E-state index is 0.515. The number of rotatable bonds is 5. The molecule has 1 aliphatic heterocycles. The molecular weight excluding hydrogens is 260 g/mol. The van der Waals surface area contributed by atoms with E-state index in [-0.39, 0.29) is 0 Å². The summed E-state index contributed by atoms with van der Waals surface area (Å²) in [5, 5.41) is 3.76. The maximum Gasteiger partial charge on any atom is 0.142 e. The van der Waals surface area contributed by atoms with Gasteiger partial charge in [0.15, 0.2) is 0 Å². The Morgan fingerprint density at radius 1 is 1.29 bits per heavy atom. The first-order chi connectivity index (χ1) is 10.1. The maximum atomic E-state index is 5.59. The molecule has 0 amide bonds. The van der Waals surface area contributed by atoms with Crippen LogP contribution in [0.1, 0.15) is 34.1 Å². The minimum absolute atomic E-state index is 0.515. The Balaban J connectivity index is 2.29. The van der Waals surface area contributed by atoms with Crippen molar-refractivity contribution >= 4 is 5.69 Å². The van der Waals surface area contributed by atoms with E-state index in [0.717, 1.165) is 18.8 Å². The van der Waals surface area contributed by atoms with Crippen molar-refractivity contribution in [2.75, 3.05) is 25.1 Å². The van der Waals surface area contributed by atoms with Crippen molar-refractivity contribution < 1.29 is 4.74 Å². The predicted octanol–water partition coefficient (Wildman–Crippen LogP) is 3.54. The van der Waals surface area contributed by atoms with Crippen LogP contribution < -0.4 is 15.0 Å². The quantitative estimate of drug-likeness (QED) is 0.897. The largest absolute Gasteiger partial charge is 0.495 e. The van der Waals surface area contributed by atoms with Crippen LogP contribution >= 0.6 is 0 Å². The molecule has 0 saturated carbocycles. The van der Waals surface area contributed by atoms with Crippen LogP contribution in [0.5, 0.6) is 5.75 Å². The standard InChI is InChI=1S/C18H30N2O/c1-6-14(4)15-12-20(17(11-19-15)13(2)3)16-9-7-8-10-18(16)21-5/h7-10,13-15,17,19H,6,11-12H2,1-5H3. The van der Waals surface area contributed by atoms with E-state index < -0.39 is 0 Å². The third-order valence-corrected chi connectivity index (χ3v) is 4.88. The van der Waals surface area contributed by atoms with E-state index in [9.17, 15) is 0 Å². The van der Waals surface area contributed by atoms with Crippen LogP contribution in [0.2, 0.25) is 0 Å². The zero-order valence-electron chi connectivity index (χ0n) is 14.1. The molecule has 0 bridgehead atoms. The van der Waals surface area contributed by atoms with E-state index in [4.69, 9.17) is 4.74 Å². The average Bonchev–Trinajstić information content (AvgIpc) is 2.53. The lowest BCUT2D eigenvalue weighted by molar-refractivity contribution is 0.279. The average molecular weight is 290 g/mol. The molecule has 1 saturated heterocycles. The molecule has 3 atom stereocenters. The first-order valence-electron chi connectivity index (χ1n) is 8.21. The Hall–Kier alpha value is -1.22. The highest BCUT2D eigenvalue weighted by molar-refractivity contribution is 5.59. The number of methoxy groups -OCH3 is 1. The van der Waals surface area contributed by atoms with Crippen LogP contribution in [-0.4, -0.2) is 32.3 Å². The third-order valence-electron chi connectivity index (χ3n) is 4.88. The summed E-state index contributed by atoms with van der Waals surface area (Å²) in [5.74, 6) is 2.28. The molecule has 0 aliphatic carbocycles. The van der Waals surface area contributed by atoms with Crippen LogP contribution in [0.25, 0.3) is 0 Å². The summed E-state index contributed by atoms with van der Waals surface area (Å²) in [4.78, 5) is 2.55. The lowest BCUT2D eigenvalue weighted by Crippen LogP contribution is -2.60. The van der Waals surface area contributed by atoms with Gasteiger partial charge >= 0.3 is 0 Å². The first-order valence-corrected chi connectivity index (χ1v) is 8.21. The molecule has 1 heterocycles. The van der Waals surface area contributed by atoms with Gasteiger partial charge in [-0.05, 0) is 24.0 Å². The summed E-state index contributed by atoms with van der Waals surface area (Å²) in [5.41, 5.74) is 1.23. The Morgan fingerprint density at radius 2 is 2.00 bits per heavy atom. The van der Waals surface area contributed by atoms with Gasteiger partial charge in [0, 0.05) is 25.2 Å². The van der Waals surface area contributed by atoms with Gasteiger partial charge in [0.1, 0.15) is 5.75 Å². The molecule has 2 rings (SSSR count). The van der Waals surface area contributed by atoms with Gasteiger partial charge in [-0.25, -0.2) is 0 Å². The highest BCUT2D eigenvalue weighted by Crippen LogP contribution is 2.33. The van der Waals surface area contributed by atoms with Crippen LogP contribution in [-0.2, 0) is 0 Å². The normalized spacial score (nSPS) is 24.2. The zero-order valence-corrected chi connectivity index (χ0v) is 14.1. The van der Waals surface area contributed by atoms with E-state index in [0.29, 0.717) is 23.9 Å². The Morgan fingerprint density at radius 3 is 2.62 bits per heavy atom. The smallest absolute Gasteiger partial charge is 0.142 e. The zero-order chi connectivity index (χ0) is 15.4. The van der Waals surface area contributed by atoms with Crippen molar-refractivity contribution in [2.24, 2.45) is 11.8 Å². The second-order valence-electron chi connectivity index (χ2n) is 6.54. The number of benzene rings is 1. The van der Waals surface area contributed by atoms with Gasteiger partial charge in [-0.1, -0.05) is 46.2 Å². The van der Waals surface area contributed by atoms with E-state index in [1.165, 1.54) is 12.1 Å². The van der Waals surface area contributed by atoms with E-state index in [2.05, 4.69) is 56.1 Å². The topological polar surface area (TPSA) is 24.5 Å². The van der Waals surface area contributed by atoms with Gasteiger partial charge < -0.3 is 15.0 Å². The van der Waals surface area contributed by atoms with Gasteiger partial charge in [0.2, 0.25) is 0 Å². The predicted molar refractivity (Wildman–Crippen MR) is 90.2 cm³/mol. The van der Waals surface area contributed by atoms with Crippen molar-refractivity contribution in [3.8, 4) is 5.75 Å². The molecule has 118 valence electrons. The monoisotopic (exact) mass is 290 g/mol. The van der Waals surface area contributed by atoms with E-state index >= 15 is 0 Å². The molecular formula is C18H30N2O. The molecule has 21 heavy (non-hydrogen) atoms. The number of hydrogen-bond acceptors (Lipinski definition) is 3. The van der Waals surface area contributed by atoms with Crippen LogP contribution in [0.15, 0.2) is 24.3 Å². The molecule has 0 spiro atoms. The maximum absolute atomic E-state index is 5.59. The van der Waals surface area contributed by atoms with Gasteiger partial charge in [-0.15, -0.1) is 0 Å². The summed E-state index contributed by atoms with van der Waals surface area (Å²) in [6.45, 7) is 11.3. The summed E-state index contributed by atoms with van der Waals surface area (Å²) in [7, 11) is 1.76. The fraction of sp³-hybridized carbons (Fsp3) is 0.667. The molecule has 0 aromatic heterocycles. The SMILES string of the molecule is CCC(C)C1CN(c2ccccc2OC)C(C(C)C)CN1. The van der Waals surface area contributed by atoms with Crippen molar-refractivity contribution in [3.05, 3.63) is 24.3 Å². The minimum Gasteiger partial charge on any atom is -0.495 e. The van der Waals surface area contributed by atoms with Crippen molar-refractivity contribution in [1.82, 2.24) is 5.32 Å². The van der Waals surface area contributed by atoms with E-state index in [1.54, 1.807) is 7.11 Å². The number of para-hydroxylation sites is 2. The number of nitrogens with one attached hydrogen (secondary N) is 1. The van der Waals surface area contributed by atoms with Gasteiger partial charge in [-0.2, -0.15) is 0 Å². The summed E-state index contributed by atoms with van der Waals surface area (Å²) in [6.07, 6.45) is 1.21. The molecule has 1 aromatic rings. The molecule has 3 nitrogen and oxygen atoms in total.